The molecule has 4 unspecified atom stereocenters. The maximum atomic E-state index is 12.0. The Morgan fingerprint density at radius 1 is 0.935 bits per heavy atom. The van der Waals surface area contributed by atoms with E-state index < -0.39 is 5.60 Å². The minimum atomic E-state index is -0.403. The van der Waals surface area contributed by atoms with E-state index in [4.69, 9.17) is 4.74 Å². The van der Waals surface area contributed by atoms with E-state index in [-0.39, 0.29) is 12.1 Å². The predicted molar refractivity (Wildman–Crippen MR) is 129 cm³/mol. The third-order valence-corrected chi connectivity index (χ3v) is 6.88. The molecule has 31 heavy (non-hydrogen) atoms. The summed E-state index contributed by atoms with van der Waals surface area (Å²) in [5, 5.41) is 10.7. The molecule has 0 heterocycles. The molecule has 4 atom stereocenters. The summed E-state index contributed by atoms with van der Waals surface area (Å²) >= 11 is 0. The van der Waals surface area contributed by atoms with E-state index in [0.29, 0.717) is 24.2 Å². The highest BCUT2D eigenvalue weighted by Crippen LogP contribution is 2.41. The Kier molecular flexibility index (Phi) is 10.6. The lowest BCUT2D eigenvalue weighted by Crippen LogP contribution is -2.35. The van der Waals surface area contributed by atoms with Gasteiger partial charge in [0.15, 0.2) is 0 Å². The van der Waals surface area contributed by atoms with Crippen molar-refractivity contribution in [2.24, 2.45) is 17.8 Å². The molecule has 2 rings (SSSR count). The molecule has 1 aliphatic carbocycles. The van der Waals surface area contributed by atoms with Gasteiger partial charge in [0, 0.05) is 6.42 Å². The second-order valence-corrected chi connectivity index (χ2v) is 10.6. The lowest BCUT2D eigenvalue weighted by molar-refractivity contribution is -0.154. The number of rotatable bonds is 11. The van der Waals surface area contributed by atoms with Gasteiger partial charge in [-0.1, -0.05) is 57.4 Å². The maximum Gasteiger partial charge on any atom is 0.306 e. The van der Waals surface area contributed by atoms with E-state index in [0.717, 1.165) is 57.8 Å². The molecule has 0 saturated heterocycles. The van der Waals surface area contributed by atoms with Crippen LogP contribution < -0.4 is 0 Å². The molecule has 1 N–H and O–H groups in total. The van der Waals surface area contributed by atoms with Crippen LogP contribution in [0.3, 0.4) is 0 Å². The lowest BCUT2D eigenvalue weighted by Gasteiger charge is -2.40. The maximum absolute atomic E-state index is 12.0. The Morgan fingerprint density at radius 3 is 2.19 bits per heavy atom. The summed E-state index contributed by atoms with van der Waals surface area (Å²) in [6.45, 7) is 10.2. The van der Waals surface area contributed by atoms with E-state index in [9.17, 15) is 9.90 Å². The zero-order valence-corrected chi connectivity index (χ0v) is 20.7. The zero-order valence-electron chi connectivity index (χ0n) is 20.7. The van der Waals surface area contributed by atoms with Gasteiger partial charge in [-0.25, -0.2) is 0 Å². The van der Waals surface area contributed by atoms with Crippen LogP contribution in [0.4, 0.5) is 0 Å². The Labute approximate surface area is 191 Å². The fraction of sp³-hybridized carbons (Fsp3) is 0.750. The van der Waals surface area contributed by atoms with Crippen LogP contribution in [0.5, 0.6) is 0 Å². The average Bonchev–Trinajstić information content (AvgIpc) is 2.71. The van der Waals surface area contributed by atoms with Crippen LogP contribution in [-0.2, 0) is 22.4 Å². The molecule has 0 amide bonds. The Bertz CT molecular complexity index is 643. The largest absolute Gasteiger partial charge is 0.460 e. The van der Waals surface area contributed by atoms with Crippen LogP contribution in [0, 0.1) is 17.8 Å². The van der Waals surface area contributed by atoms with E-state index in [1.54, 1.807) is 0 Å². The standard InChI is InChI=1S/C28H46O3/c1-6-10-25-19-24(18-17-22-15-13-21(7-2)14-16-22)23(20-26(25)29)11-8-9-12-27(30)31-28(3,4)5/h13-16,23-26,29H,6-12,17-20H2,1-5H3. The molecule has 1 saturated carbocycles. The normalized spacial score (nSPS) is 24.2. The molecular formula is C28H46O3. The third kappa shape index (κ3) is 9.35. The van der Waals surface area contributed by atoms with Crippen LogP contribution >= 0.6 is 0 Å². The minimum absolute atomic E-state index is 0.0914. The molecule has 1 aliphatic rings. The van der Waals surface area contributed by atoms with Crippen LogP contribution in [0.2, 0.25) is 0 Å². The predicted octanol–water partition coefficient (Wildman–Crippen LogP) is 6.89. The fourth-order valence-electron chi connectivity index (χ4n) is 5.18. The smallest absolute Gasteiger partial charge is 0.306 e. The average molecular weight is 431 g/mol. The SMILES string of the molecule is CCCC1CC(CCc2ccc(CC)cc2)C(CCCCC(=O)OC(C)(C)C)CC1O. The number of carbonyl (C=O) groups excluding carboxylic acids is 1. The summed E-state index contributed by atoms with van der Waals surface area (Å²) < 4.78 is 5.43. The third-order valence-electron chi connectivity index (χ3n) is 6.88. The van der Waals surface area contributed by atoms with Crippen molar-refractivity contribution in [3.63, 3.8) is 0 Å². The van der Waals surface area contributed by atoms with Gasteiger partial charge >= 0.3 is 5.97 Å². The second-order valence-electron chi connectivity index (χ2n) is 10.6. The monoisotopic (exact) mass is 430 g/mol. The topological polar surface area (TPSA) is 46.5 Å². The van der Waals surface area contributed by atoms with Gasteiger partial charge in [-0.05, 0) is 94.6 Å². The van der Waals surface area contributed by atoms with Crippen molar-refractivity contribution in [3.8, 4) is 0 Å². The van der Waals surface area contributed by atoms with Crippen LogP contribution in [0.15, 0.2) is 24.3 Å². The van der Waals surface area contributed by atoms with Gasteiger partial charge < -0.3 is 9.84 Å². The number of esters is 1. The molecule has 1 fully saturated rings. The van der Waals surface area contributed by atoms with Gasteiger partial charge in [0.2, 0.25) is 0 Å². The molecule has 0 spiro atoms. The lowest BCUT2D eigenvalue weighted by atomic mass is 9.68. The summed E-state index contributed by atoms with van der Waals surface area (Å²) in [6.07, 6.45) is 11.1. The number of aryl methyl sites for hydroxylation is 2. The minimum Gasteiger partial charge on any atom is -0.460 e. The number of hydrogen-bond donors (Lipinski definition) is 1. The molecule has 3 heteroatoms. The molecule has 176 valence electrons. The van der Waals surface area contributed by atoms with Crippen LogP contribution in [0.1, 0.15) is 104 Å². The first-order chi connectivity index (χ1) is 14.7. The van der Waals surface area contributed by atoms with E-state index in [1.165, 1.54) is 17.5 Å². The van der Waals surface area contributed by atoms with Crippen molar-refractivity contribution in [2.75, 3.05) is 0 Å². The molecular weight excluding hydrogens is 384 g/mol. The van der Waals surface area contributed by atoms with Gasteiger partial charge in [0.05, 0.1) is 6.10 Å². The number of carbonyl (C=O) groups is 1. The summed E-state index contributed by atoms with van der Waals surface area (Å²) in [5.74, 6) is 1.60. The van der Waals surface area contributed by atoms with Crippen molar-refractivity contribution >= 4 is 5.97 Å². The number of aliphatic hydroxyl groups is 1. The number of hydrogen-bond acceptors (Lipinski definition) is 3. The van der Waals surface area contributed by atoms with E-state index in [2.05, 4.69) is 38.1 Å². The molecule has 1 aromatic carbocycles. The van der Waals surface area contributed by atoms with E-state index in [1.807, 2.05) is 20.8 Å². The summed E-state index contributed by atoms with van der Waals surface area (Å²) in [7, 11) is 0. The number of aliphatic hydroxyl groups excluding tert-OH is 1. The summed E-state index contributed by atoms with van der Waals surface area (Å²) in [4.78, 5) is 12.0. The van der Waals surface area contributed by atoms with Gasteiger partial charge in [0.25, 0.3) is 0 Å². The quantitative estimate of drug-likeness (QED) is 0.307. The molecule has 0 aromatic heterocycles. The van der Waals surface area contributed by atoms with Gasteiger partial charge in [-0.3, -0.25) is 4.79 Å². The number of unbranched alkanes of at least 4 members (excludes halogenated alkanes) is 1. The number of benzene rings is 1. The molecule has 0 radical (unpaired) electrons. The van der Waals surface area contributed by atoms with Crippen molar-refractivity contribution in [1.82, 2.24) is 0 Å². The first kappa shape index (κ1) is 25.9. The molecule has 1 aromatic rings. The van der Waals surface area contributed by atoms with Gasteiger partial charge in [0.1, 0.15) is 5.60 Å². The van der Waals surface area contributed by atoms with Crippen molar-refractivity contribution in [2.45, 2.75) is 117 Å². The Hall–Kier alpha value is -1.35. The number of ether oxygens (including phenoxy) is 1. The molecule has 0 aliphatic heterocycles. The van der Waals surface area contributed by atoms with Gasteiger partial charge in [-0.15, -0.1) is 0 Å². The van der Waals surface area contributed by atoms with E-state index >= 15 is 0 Å². The van der Waals surface area contributed by atoms with Gasteiger partial charge in [-0.2, -0.15) is 0 Å². The molecule has 3 nitrogen and oxygen atoms in total. The molecule has 0 bridgehead atoms. The van der Waals surface area contributed by atoms with Crippen LogP contribution in [-0.4, -0.2) is 22.8 Å². The fourth-order valence-corrected chi connectivity index (χ4v) is 5.18. The first-order valence-electron chi connectivity index (χ1n) is 12.7. The highest BCUT2D eigenvalue weighted by molar-refractivity contribution is 5.69. The van der Waals surface area contributed by atoms with Crippen molar-refractivity contribution in [1.29, 1.82) is 0 Å². The summed E-state index contributed by atoms with van der Waals surface area (Å²) in [5.41, 5.74) is 2.42. The van der Waals surface area contributed by atoms with Crippen molar-refractivity contribution in [3.05, 3.63) is 35.4 Å². The Morgan fingerprint density at radius 2 is 1.58 bits per heavy atom. The summed E-state index contributed by atoms with van der Waals surface area (Å²) in [6, 6.07) is 9.09. The Balaban J connectivity index is 1.88. The second kappa shape index (κ2) is 12.6. The first-order valence-corrected chi connectivity index (χ1v) is 12.7. The highest BCUT2D eigenvalue weighted by Gasteiger charge is 2.35. The van der Waals surface area contributed by atoms with Crippen molar-refractivity contribution < 1.29 is 14.6 Å². The van der Waals surface area contributed by atoms with Crippen LogP contribution in [0.25, 0.3) is 0 Å². The highest BCUT2D eigenvalue weighted by atomic mass is 16.6. The zero-order chi connectivity index (χ0) is 22.9.